The van der Waals surface area contributed by atoms with Crippen molar-refractivity contribution in [3.05, 3.63) is 12.4 Å². The Bertz CT molecular complexity index is 356. The standard InChI is InChI=1S/C12H20N4O/c1-17-12-8-11(14-9-15-12)16-7-3-2-4-10(16)5-6-13/h8-10H,2-7,13H2,1H3. The summed E-state index contributed by atoms with van der Waals surface area (Å²) in [5.41, 5.74) is 5.67. The molecule has 0 bridgehead atoms. The number of anilines is 1. The Morgan fingerprint density at radius 3 is 3.12 bits per heavy atom. The molecule has 1 atom stereocenters. The minimum absolute atomic E-state index is 0.508. The highest BCUT2D eigenvalue weighted by Gasteiger charge is 2.23. The average molecular weight is 236 g/mol. The van der Waals surface area contributed by atoms with Crippen molar-refractivity contribution in [1.82, 2.24) is 9.97 Å². The van der Waals surface area contributed by atoms with Crippen molar-refractivity contribution in [2.75, 3.05) is 25.1 Å². The van der Waals surface area contributed by atoms with Gasteiger partial charge in [0.25, 0.3) is 0 Å². The molecule has 0 radical (unpaired) electrons. The summed E-state index contributed by atoms with van der Waals surface area (Å²) in [6.07, 6.45) is 6.27. The van der Waals surface area contributed by atoms with Gasteiger partial charge in [0.2, 0.25) is 5.88 Å². The van der Waals surface area contributed by atoms with Crippen LogP contribution in [0.4, 0.5) is 5.82 Å². The van der Waals surface area contributed by atoms with Gasteiger partial charge in [0.15, 0.2) is 0 Å². The summed E-state index contributed by atoms with van der Waals surface area (Å²) in [6, 6.07) is 2.41. The fraction of sp³-hybridized carbons (Fsp3) is 0.667. The average Bonchev–Trinajstić information content (AvgIpc) is 2.40. The molecule has 17 heavy (non-hydrogen) atoms. The second-order valence-corrected chi connectivity index (χ2v) is 4.34. The van der Waals surface area contributed by atoms with Gasteiger partial charge in [0.1, 0.15) is 12.1 Å². The Morgan fingerprint density at radius 2 is 2.35 bits per heavy atom. The van der Waals surface area contributed by atoms with Gasteiger partial charge in [-0.05, 0) is 32.2 Å². The second kappa shape index (κ2) is 5.82. The third-order valence-corrected chi connectivity index (χ3v) is 3.26. The molecule has 94 valence electrons. The number of hydrogen-bond acceptors (Lipinski definition) is 5. The van der Waals surface area contributed by atoms with E-state index in [4.69, 9.17) is 10.5 Å². The lowest BCUT2D eigenvalue weighted by Gasteiger charge is -2.36. The van der Waals surface area contributed by atoms with Crippen LogP contribution in [-0.2, 0) is 0 Å². The topological polar surface area (TPSA) is 64.3 Å². The SMILES string of the molecule is COc1cc(N2CCCCC2CCN)ncn1. The van der Waals surface area contributed by atoms with Crippen LogP contribution >= 0.6 is 0 Å². The summed E-state index contributed by atoms with van der Waals surface area (Å²) in [5, 5.41) is 0. The Morgan fingerprint density at radius 1 is 1.47 bits per heavy atom. The van der Waals surface area contributed by atoms with Gasteiger partial charge in [-0.15, -0.1) is 0 Å². The van der Waals surface area contributed by atoms with E-state index in [2.05, 4.69) is 14.9 Å². The fourth-order valence-corrected chi connectivity index (χ4v) is 2.39. The number of piperidine rings is 1. The zero-order chi connectivity index (χ0) is 12.1. The van der Waals surface area contributed by atoms with Crippen molar-refractivity contribution in [2.45, 2.75) is 31.7 Å². The summed E-state index contributed by atoms with van der Waals surface area (Å²) in [7, 11) is 1.62. The van der Waals surface area contributed by atoms with E-state index in [1.807, 2.05) is 6.07 Å². The third kappa shape index (κ3) is 2.85. The maximum atomic E-state index is 5.67. The molecule has 0 saturated carbocycles. The molecule has 5 nitrogen and oxygen atoms in total. The molecule has 1 aliphatic heterocycles. The zero-order valence-corrected chi connectivity index (χ0v) is 10.3. The Balaban J connectivity index is 2.16. The van der Waals surface area contributed by atoms with Crippen molar-refractivity contribution >= 4 is 5.82 Å². The van der Waals surface area contributed by atoms with Gasteiger partial charge in [-0.1, -0.05) is 0 Å². The molecule has 1 unspecified atom stereocenters. The van der Waals surface area contributed by atoms with Gasteiger partial charge >= 0.3 is 0 Å². The third-order valence-electron chi connectivity index (χ3n) is 3.26. The van der Waals surface area contributed by atoms with E-state index in [-0.39, 0.29) is 0 Å². The molecule has 2 heterocycles. The molecule has 0 aromatic carbocycles. The van der Waals surface area contributed by atoms with Crippen LogP contribution in [0.2, 0.25) is 0 Å². The van der Waals surface area contributed by atoms with Crippen LogP contribution in [0.25, 0.3) is 0 Å². The van der Waals surface area contributed by atoms with E-state index >= 15 is 0 Å². The summed E-state index contributed by atoms with van der Waals surface area (Å²) in [5.74, 6) is 1.57. The molecule has 1 aliphatic rings. The largest absolute Gasteiger partial charge is 0.481 e. The van der Waals surface area contributed by atoms with Crippen molar-refractivity contribution in [3.63, 3.8) is 0 Å². The minimum Gasteiger partial charge on any atom is -0.481 e. The van der Waals surface area contributed by atoms with Gasteiger partial charge < -0.3 is 15.4 Å². The van der Waals surface area contributed by atoms with E-state index < -0.39 is 0 Å². The number of nitrogens with two attached hydrogens (primary N) is 1. The van der Waals surface area contributed by atoms with Crippen LogP contribution in [0.1, 0.15) is 25.7 Å². The number of ether oxygens (including phenoxy) is 1. The first-order chi connectivity index (χ1) is 8.35. The van der Waals surface area contributed by atoms with E-state index in [1.54, 1.807) is 13.4 Å². The number of rotatable bonds is 4. The second-order valence-electron chi connectivity index (χ2n) is 4.34. The molecule has 5 heteroatoms. The maximum Gasteiger partial charge on any atom is 0.218 e. The first-order valence-corrected chi connectivity index (χ1v) is 6.18. The van der Waals surface area contributed by atoms with E-state index in [1.165, 1.54) is 19.3 Å². The monoisotopic (exact) mass is 236 g/mol. The van der Waals surface area contributed by atoms with Crippen molar-refractivity contribution in [1.29, 1.82) is 0 Å². The fourth-order valence-electron chi connectivity index (χ4n) is 2.39. The quantitative estimate of drug-likeness (QED) is 0.850. The maximum absolute atomic E-state index is 5.67. The first-order valence-electron chi connectivity index (χ1n) is 6.18. The molecule has 1 fully saturated rings. The molecule has 2 rings (SSSR count). The normalized spacial score (nSPS) is 20.4. The van der Waals surface area contributed by atoms with Gasteiger partial charge in [0, 0.05) is 18.7 Å². The first kappa shape index (κ1) is 12.1. The molecule has 0 amide bonds. The van der Waals surface area contributed by atoms with Crippen LogP contribution in [0.3, 0.4) is 0 Å². The molecule has 1 saturated heterocycles. The Labute approximate surface area is 102 Å². The Hall–Kier alpha value is -1.36. The smallest absolute Gasteiger partial charge is 0.218 e. The molecule has 2 N–H and O–H groups in total. The van der Waals surface area contributed by atoms with Gasteiger partial charge in [-0.25, -0.2) is 9.97 Å². The number of hydrogen-bond donors (Lipinski definition) is 1. The van der Waals surface area contributed by atoms with E-state index in [9.17, 15) is 0 Å². The highest BCUT2D eigenvalue weighted by Crippen LogP contribution is 2.25. The number of methoxy groups -OCH3 is 1. The summed E-state index contributed by atoms with van der Waals surface area (Å²) in [4.78, 5) is 10.7. The van der Waals surface area contributed by atoms with Crippen molar-refractivity contribution < 1.29 is 4.74 Å². The van der Waals surface area contributed by atoms with Gasteiger partial charge in [-0.2, -0.15) is 0 Å². The van der Waals surface area contributed by atoms with Crippen LogP contribution < -0.4 is 15.4 Å². The molecule has 1 aromatic heterocycles. The lowest BCUT2D eigenvalue weighted by Crippen LogP contribution is -2.41. The predicted molar refractivity (Wildman–Crippen MR) is 67.2 cm³/mol. The van der Waals surface area contributed by atoms with Crippen LogP contribution in [0.15, 0.2) is 12.4 Å². The predicted octanol–water partition coefficient (Wildman–Crippen LogP) is 1.19. The summed E-state index contributed by atoms with van der Waals surface area (Å²) < 4.78 is 5.14. The van der Waals surface area contributed by atoms with Crippen LogP contribution in [-0.4, -0.2) is 36.2 Å². The molecule has 0 spiro atoms. The summed E-state index contributed by atoms with van der Waals surface area (Å²) in [6.45, 7) is 1.77. The lowest BCUT2D eigenvalue weighted by molar-refractivity contribution is 0.394. The van der Waals surface area contributed by atoms with Gasteiger partial charge in [0.05, 0.1) is 7.11 Å². The molecular weight excluding hydrogens is 216 g/mol. The summed E-state index contributed by atoms with van der Waals surface area (Å²) >= 11 is 0. The van der Waals surface area contributed by atoms with Crippen LogP contribution in [0, 0.1) is 0 Å². The molecular formula is C12H20N4O. The van der Waals surface area contributed by atoms with Crippen molar-refractivity contribution in [3.8, 4) is 5.88 Å². The van der Waals surface area contributed by atoms with Gasteiger partial charge in [-0.3, -0.25) is 0 Å². The van der Waals surface area contributed by atoms with Crippen LogP contribution in [0.5, 0.6) is 5.88 Å². The molecule has 1 aromatic rings. The molecule has 0 aliphatic carbocycles. The zero-order valence-electron chi connectivity index (χ0n) is 10.3. The van der Waals surface area contributed by atoms with E-state index in [0.717, 1.165) is 25.3 Å². The highest BCUT2D eigenvalue weighted by molar-refractivity contribution is 5.42. The number of aromatic nitrogens is 2. The van der Waals surface area contributed by atoms with Crippen molar-refractivity contribution in [2.24, 2.45) is 5.73 Å². The highest BCUT2D eigenvalue weighted by atomic mass is 16.5. The van der Waals surface area contributed by atoms with E-state index in [0.29, 0.717) is 11.9 Å². The Kier molecular flexibility index (Phi) is 4.14. The minimum atomic E-state index is 0.508. The lowest BCUT2D eigenvalue weighted by atomic mass is 9.99. The number of nitrogens with zero attached hydrogens (tertiary/aromatic N) is 3.